The molecule has 2 aliphatic heterocycles. The van der Waals surface area contributed by atoms with Crippen LogP contribution in [0.1, 0.15) is 58.8 Å². The highest BCUT2D eigenvalue weighted by atomic mass is 16.3. The lowest BCUT2D eigenvalue weighted by Gasteiger charge is -2.49. The van der Waals surface area contributed by atoms with E-state index in [1.807, 2.05) is 9.80 Å². The van der Waals surface area contributed by atoms with Crippen LogP contribution < -0.4 is 0 Å². The first kappa shape index (κ1) is 17.7. The summed E-state index contributed by atoms with van der Waals surface area (Å²) in [5, 5.41) is 9.56. The fraction of sp³-hybridized carbons (Fsp3) is 0.895. The molecule has 3 fully saturated rings. The van der Waals surface area contributed by atoms with E-state index in [9.17, 15) is 14.7 Å². The lowest BCUT2D eigenvalue weighted by Crippen LogP contribution is -2.56. The topological polar surface area (TPSA) is 60.9 Å². The Morgan fingerprint density at radius 2 is 1.96 bits per heavy atom. The molecule has 0 bridgehead atoms. The van der Waals surface area contributed by atoms with Crippen LogP contribution in [0.2, 0.25) is 0 Å². The van der Waals surface area contributed by atoms with E-state index in [4.69, 9.17) is 0 Å². The lowest BCUT2D eigenvalue weighted by atomic mass is 9.73. The summed E-state index contributed by atoms with van der Waals surface area (Å²) in [6.07, 6.45) is 6.33. The minimum absolute atomic E-state index is 0.0195. The molecule has 1 unspecified atom stereocenters. The fourth-order valence-electron chi connectivity index (χ4n) is 4.36. The summed E-state index contributed by atoms with van der Waals surface area (Å²) in [5.74, 6) is 1.02. The highest BCUT2D eigenvalue weighted by Crippen LogP contribution is 2.48. The Bertz CT molecular complexity index is 501. The smallest absolute Gasteiger partial charge is 0.231 e. The zero-order valence-electron chi connectivity index (χ0n) is 15.2. The van der Waals surface area contributed by atoms with Gasteiger partial charge in [0.2, 0.25) is 11.8 Å². The Morgan fingerprint density at radius 1 is 1.21 bits per heavy atom. The van der Waals surface area contributed by atoms with Crippen LogP contribution in [0.3, 0.4) is 0 Å². The summed E-state index contributed by atoms with van der Waals surface area (Å²) in [5.41, 5.74) is -0.398. The standard InChI is InChI=1S/C19H32N2O3/c1-15(2)5-11-20-12-18(7-4-16(20)23)6-3-10-21(13-18)17(24)19(14-22)8-9-19/h15,22H,3-14H2,1-2H3. The Morgan fingerprint density at radius 3 is 2.58 bits per heavy atom. The van der Waals surface area contributed by atoms with Crippen molar-refractivity contribution in [2.24, 2.45) is 16.7 Å². The van der Waals surface area contributed by atoms with Crippen LogP contribution in [0.5, 0.6) is 0 Å². The third-order valence-corrected chi connectivity index (χ3v) is 6.28. The summed E-state index contributed by atoms with van der Waals surface area (Å²) >= 11 is 0. The minimum Gasteiger partial charge on any atom is -0.395 e. The largest absolute Gasteiger partial charge is 0.395 e. The molecule has 1 atom stereocenters. The first-order valence-corrected chi connectivity index (χ1v) is 9.58. The molecule has 136 valence electrons. The first-order chi connectivity index (χ1) is 11.4. The van der Waals surface area contributed by atoms with Crippen molar-refractivity contribution in [2.75, 3.05) is 32.8 Å². The molecule has 1 N–H and O–H groups in total. The molecular weight excluding hydrogens is 304 g/mol. The Hall–Kier alpha value is -1.10. The van der Waals surface area contributed by atoms with E-state index >= 15 is 0 Å². The van der Waals surface area contributed by atoms with Crippen LogP contribution in [0.4, 0.5) is 0 Å². The van der Waals surface area contributed by atoms with E-state index in [0.717, 1.165) is 64.7 Å². The number of nitrogens with zero attached hydrogens (tertiary/aromatic N) is 2. The van der Waals surface area contributed by atoms with Crippen LogP contribution >= 0.6 is 0 Å². The maximum absolute atomic E-state index is 12.8. The van der Waals surface area contributed by atoms with Gasteiger partial charge in [-0.2, -0.15) is 0 Å². The number of carbonyl (C=O) groups excluding carboxylic acids is 2. The molecule has 1 saturated carbocycles. The summed E-state index contributed by atoms with van der Waals surface area (Å²) in [7, 11) is 0. The van der Waals surface area contributed by atoms with Gasteiger partial charge in [-0.1, -0.05) is 13.8 Å². The van der Waals surface area contributed by atoms with E-state index in [1.165, 1.54) is 0 Å². The number of rotatable bonds is 5. The van der Waals surface area contributed by atoms with Gasteiger partial charge in [0.1, 0.15) is 0 Å². The van der Waals surface area contributed by atoms with Gasteiger partial charge in [-0.3, -0.25) is 9.59 Å². The quantitative estimate of drug-likeness (QED) is 0.836. The molecule has 1 aliphatic carbocycles. The van der Waals surface area contributed by atoms with Crippen LogP contribution in [0.25, 0.3) is 0 Å². The van der Waals surface area contributed by atoms with Crippen molar-refractivity contribution in [1.82, 2.24) is 9.80 Å². The fourth-order valence-corrected chi connectivity index (χ4v) is 4.36. The maximum Gasteiger partial charge on any atom is 0.231 e. The monoisotopic (exact) mass is 336 g/mol. The molecule has 3 aliphatic rings. The molecular formula is C19H32N2O3. The average Bonchev–Trinajstić information content (AvgIpc) is 3.36. The number of carbonyl (C=O) groups is 2. The highest BCUT2D eigenvalue weighted by Gasteiger charge is 2.53. The van der Waals surface area contributed by atoms with Crippen LogP contribution in [-0.2, 0) is 9.59 Å². The predicted octanol–water partition coefficient (Wildman–Crippen LogP) is 2.04. The van der Waals surface area contributed by atoms with Gasteiger partial charge in [-0.05, 0) is 44.4 Å². The molecule has 5 heteroatoms. The second kappa shape index (κ2) is 6.66. The number of aliphatic hydroxyl groups excluding tert-OH is 1. The predicted molar refractivity (Wildman–Crippen MR) is 92.3 cm³/mol. The van der Waals surface area contributed by atoms with Crippen molar-refractivity contribution in [2.45, 2.75) is 58.8 Å². The van der Waals surface area contributed by atoms with Gasteiger partial charge in [0.05, 0.1) is 12.0 Å². The summed E-state index contributed by atoms with van der Waals surface area (Å²) in [6, 6.07) is 0. The number of aliphatic hydroxyl groups is 1. The third kappa shape index (κ3) is 3.46. The number of likely N-dealkylation sites (tertiary alicyclic amines) is 2. The van der Waals surface area contributed by atoms with Crippen molar-refractivity contribution >= 4 is 11.8 Å². The molecule has 2 heterocycles. The number of hydrogen-bond donors (Lipinski definition) is 1. The molecule has 0 aromatic rings. The van der Waals surface area contributed by atoms with Gasteiger partial charge in [0.15, 0.2) is 0 Å². The van der Waals surface area contributed by atoms with Gasteiger partial charge in [-0.25, -0.2) is 0 Å². The van der Waals surface area contributed by atoms with E-state index in [-0.39, 0.29) is 23.8 Å². The van der Waals surface area contributed by atoms with Gasteiger partial charge in [0, 0.05) is 38.0 Å². The van der Waals surface area contributed by atoms with Crippen LogP contribution in [0.15, 0.2) is 0 Å². The Labute approximate surface area is 145 Å². The molecule has 2 amide bonds. The van der Waals surface area contributed by atoms with Crippen molar-refractivity contribution in [3.63, 3.8) is 0 Å². The number of piperidine rings is 2. The van der Waals surface area contributed by atoms with Gasteiger partial charge >= 0.3 is 0 Å². The van der Waals surface area contributed by atoms with Crippen molar-refractivity contribution < 1.29 is 14.7 Å². The van der Waals surface area contributed by atoms with Crippen molar-refractivity contribution in [3.8, 4) is 0 Å². The molecule has 0 radical (unpaired) electrons. The van der Waals surface area contributed by atoms with Crippen molar-refractivity contribution in [1.29, 1.82) is 0 Å². The first-order valence-electron chi connectivity index (χ1n) is 9.58. The molecule has 3 rings (SSSR count). The van der Waals surface area contributed by atoms with E-state index in [1.54, 1.807) is 0 Å². The van der Waals surface area contributed by atoms with Crippen LogP contribution in [0, 0.1) is 16.7 Å². The van der Waals surface area contributed by atoms with Crippen LogP contribution in [-0.4, -0.2) is 59.5 Å². The Kier molecular flexibility index (Phi) is 4.92. The summed E-state index contributed by atoms with van der Waals surface area (Å²) in [6.45, 7) is 7.57. The van der Waals surface area contributed by atoms with E-state index in [0.29, 0.717) is 12.3 Å². The third-order valence-electron chi connectivity index (χ3n) is 6.28. The normalized spacial score (nSPS) is 29.4. The summed E-state index contributed by atoms with van der Waals surface area (Å²) < 4.78 is 0. The second-order valence-electron chi connectivity index (χ2n) is 8.77. The van der Waals surface area contributed by atoms with Gasteiger partial charge < -0.3 is 14.9 Å². The zero-order chi connectivity index (χ0) is 17.4. The number of amides is 2. The summed E-state index contributed by atoms with van der Waals surface area (Å²) in [4.78, 5) is 29.1. The van der Waals surface area contributed by atoms with E-state index in [2.05, 4.69) is 13.8 Å². The van der Waals surface area contributed by atoms with Gasteiger partial charge in [-0.15, -0.1) is 0 Å². The van der Waals surface area contributed by atoms with Gasteiger partial charge in [0.25, 0.3) is 0 Å². The number of hydrogen-bond acceptors (Lipinski definition) is 3. The molecule has 0 aromatic carbocycles. The Balaban J connectivity index is 1.66. The molecule has 5 nitrogen and oxygen atoms in total. The SMILES string of the molecule is CC(C)CCN1CC2(CCCN(C(=O)C3(CO)CC3)C2)CCC1=O. The van der Waals surface area contributed by atoms with E-state index < -0.39 is 5.41 Å². The molecule has 24 heavy (non-hydrogen) atoms. The lowest BCUT2D eigenvalue weighted by molar-refractivity contribution is -0.147. The zero-order valence-corrected chi connectivity index (χ0v) is 15.2. The highest BCUT2D eigenvalue weighted by molar-refractivity contribution is 5.85. The minimum atomic E-state index is -0.472. The second-order valence-corrected chi connectivity index (χ2v) is 8.77. The molecule has 1 spiro atoms. The molecule has 2 saturated heterocycles. The van der Waals surface area contributed by atoms with Crippen molar-refractivity contribution in [3.05, 3.63) is 0 Å². The average molecular weight is 336 g/mol. The maximum atomic E-state index is 12.8. The molecule has 0 aromatic heterocycles.